The van der Waals surface area contributed by atoms with Crippen molar-refractivity contribution in [3.8, 4) is 16.9 Å². The van der Waals surface area contributed by atoms with E-state index in [1.807, 2.05) is 55.9 Å². The molecule has 174 valence electrons. The summed E-state index contributed by atoms with van der Waals surface area (Å²) >= 11 is 12.5. The molecule has 2 atom stereocenters. The summed E-state index contributed by atoms with van der Waals surface area (Å²) in [5.41, 5.74) is 3.14. The van der Waals surface area contributed by atoms with Crippen molar-refractivity contribution in [2.24, 2.45) is 11.3 Å². The Morgan fingerprint density at radius 2 is 1.94 bits per heavy atom. The second-order valence-electron chi connectivity index (χ2n) is 10.3. The summed E-state index contributed by atoms with van der Waals surface area (Å²) < 4.78 is 7.51. The molecule has 33 heavy (non-hydrogen) atoms. The van der Waals surface area contributed by atoms with E-state index >= 15 is 0 Å². The van der Waals surface area contributed by atoms with E-state index in [0.29, 0.717) is 16.5 Å². The maximum absolute atomic E-state index is 12.5. The summed E-state index contributed by atoms with van der Waals surface area (Å²) in [5.74, 6) is 0.307. The number of nitrogens with zero attached hydrogens (tertiary/aromatic N) is 3. The van der Waals surface area contributed by atoms with Crippen LogP contribution in [-0.4, -0.2) is 26.3 Å². The Balaban J connectivity index is 1.67. The molecule has 2 aromatic heterocycles. The topological polar surface area (TPSA) is 57.0 Å². The van der Waals surface area contributed by atoms with Gasteiger partial charge in [-0.1, -0.05) is 37.0 Å². The second-order valence-corrected chi connectivity index (χ2v) is 11.1. The molecule has 0 amide bonds. The Hall–Kier alpha value is -2.37. The molecule has 0 saturated heterocycles. The van der Waals surface area contributed by atoms with Gasteiger partial charge in [0.25, 0.3) is 0 Å². The van der Waals surface area contributed by atoms with E-state index in [2.05, 4.69) is 24.9 Å². The number of hydrogen-bond donors (Lipinski definition) is 0. The number of halogens is 2. The standard InChI is InChI=1S/C26H29Cl2N3O2/c1-25(2,3)33-24(32)12-17-11-19(26(17,4)5)23-14-22(16-7-6-10-29-15-16)30-31(23)18-8-9-20(27)21(28)13-18/h6-10,13-15,17,19H,11-12H2,1-5H3/t17-,19-/m1/s1. The second kappa shape index (κ2) is 8.77. The zero-order valence-corrected chi connectivity index (χ0v) is 21.1. The highest BCUT2D eigenvalue weighted by Crippen LogP contribution is 2.58. The van der Waals surface area contributed by atoms with Crippen molar-refractivity contribution in [1.82, 2.24) is 14.8 Å². The number of aromatic nitrogens is 3. The molecule has 0 aliphatic heterocycles. The highest BCUT2D eigenvalue weighted by atomic mass is 35.5. The molecule has 0 spiro atoms. The van der Waals surface area contributed by atoms with Crippen molar-refractivity contribution in [3.05, 3.63) is 64.5 Å². The lowest BCUT2D eigenvalue weighted by atomic mass is 9.53. The molecule has 1 aromatic carbocycles. The van der Waals surface area contributed by atoms with E-state index in [4.69, 9.17) is 33.0 Å². The van der Waals surface area contributed by atoms with Gasteiger partial charge in [0.15, 0.2) is 0 Å². The predicted molar refractivity (Wildman–Crippen MR) is 132 cm³/mol. The molecular formula is C26H29Cl2N3O2. The monoisotopic (exact) mass is 485 g/mol. The molecule has 5 nitrogen and oxygen atoms in total. The largest absolute Gasteiger partial charge is 0.460 e. The van der Waals surface area contributed by atoms with E-state index < -0.39 is 5.60 Å². The molecule has 0 bridgehead atoms. The van der Waals surface area contributed by atoms with Crippen molar-refractivity contribution in [2.75, 3.05) is 0 Å². The zero-order chi connectivity index (χ0) is 24.0. The van der Waals surface area contributed by atoms with Crippen LogP contribution < -0.4 is 0 Å². The summed E-state index contributed by atoms with van der Waals surface area (Å²) in [7, 11) is 0. The van der Waals surface area contributed by atoms with Crippen LogP contribution in [0.4, 0.5) is 0 Å². The van der Waals surface area contributed by atoms with E-state index in [0.717, 1.165) is 29.1 Å². The molecule has 2 heterocycles. The minimum atomic E-state index is -0.477. The van der Waals surface area contributed by atoms with Crippen molar-refractivity contribution in [2.45, 2.75) is 59.0 Å². The minimum Gasteiger partial charge on any atom is -0.460 e. The first-order chi connectivity index (χ1) is 15.5. The van der Waals surface area contributed by atoms with Crippen LogP contribution in [0.5, 0.6) is 0 Å². The lowest BCUT2D eigenvalue weighted by Gasteiger charge is -2.52. The number of carbonyl (C=O) groups is 1. The summed E-state index contributed by atoms with van der Waals surface area (Å²) in [6.07, 6.45) is 4.85. The number of benzene rings is 1. The maximum Gasteiger partial charge on any atom is 0.306 e. The molecule has 0 N–H and O–H groups in total. The van der Waals surface area contributed by atoms with Gasteiger partial charge in [-0.05, 0) is 74.9 Å². The highest BCUT2D eigenvalue weighted by Gasteiger charge is 2.51. The molecular weight excluding hydrogens is 457 g/mol. The van der Waals surface area contributed by atoms with Gasteiger partial charge >= 0.3 is 5.97 Å². The van der Waals surface area contributed by atoms with Crippen LogP contribution in [0.1, 0.15) is 59.1 Å². The van der Waals surface area contributed by atoms with Gasteiger partial charge < -0.3 is 4.74 Å². The highest BCUT2D eigenvalue weighted by molar-refractivity contribution is 6.42. The van der Waals surface area contributed by atoms with Gasteiger partial charge in [0, 0.05) is 36.0 Å². The number of hydrogen-bond acceptors (Lipinski definition) is 4. The summed E-state index contributed by atoms with van der Waals surface area (Å²) in [6, 6.07) is 11.5. The molecule has 1 saturated carbocycles. The SMILES string of the molecule is CC(C)(C)OC(=O)C[C@H]1C[C@H](c2cc(-c3cccnc3)nn2-c2ccc(Cl)c(Cl)c2)C1(C)C. The summed E-state index contributed by atoms with van der Waals surface area (Å²) in [6.45, 7) is 10.1. The smallest absolute Gasteiger partial charge is 0.306 e. The first-order valence-corrected chi connectivity index (χ1v) is 11.9. The Kier molecular flexibility index (Phi) is 6.32. The molecule has 0 radical (unpaired) electrons. The van der Waals surface area contributed by atoms with Gasteiger partial charge in [-0.15, -0.1) is 0 Å². The van der Waals surface area contributed by atoms with E-state index in [9.17, 15) is 4.79 Å². The normalized spacial score (nSPS) is 19.7. The van der Waals surface area contributed by atoms with Crippen LogP contribution in [0.25, 0.3) is 16.9 Å². The van der Waals surface area contributed by atoms with Crippen LogP contribution in [0.3, 0.4) is 0 Å². The van der Waals surface area contributed by atoms with Gasteiger partial charge in [-0.25, -0.2) is 4.68 Å². The maximum atomic E-state index is 12.5. The van der Waals surface area contributed by atoms with Crippen LogP contribution in [0.2, 0.25) is 10.0 Å². The van der Waals surface area contributed by atoms with Crippen LogP contribution in [0.15, 0.2) is 48.8 Å². The zero-order valence-electron chi connectivity index (χ0n) is 19.6. The van der Waals surface area contributed by atoms with E-state index in [-0.39, 0.29) is 23.2 Å². The van der Waals surface area contributed by atoms with Gasteiger partial charge in [-0.3, -0.25) is 9.78 Å². The molecule has 3 aromatic rings. The third-order valence-corrected chi connectivity index (χ3v) is 7.24. The first-order valence-electron chi connectivity index (χ1n) is 11.1. The fourth-order valence-electron chi connectivity index (χ4n) is 4.57. The fourth-order valence-corrected chi connectivity index (χ4v) is 4.86. The molecule has 1 fully saturated rings. The van der Waals surface area contributed by atoms with Crippen LogP contribution in [-0.2, 0) is 9.53 Å². The predicted octanol–water partition coefficient (Wildman–Crippen LogP) is 7.10. The quantitative estimate of drug-likeness (QED) is 0.361. The minimum absolute atomic E-state index is 0.100. The average Bonchev–Trinajstić information content (AvgIpc) is 3.16. The van der Waals surface area contributed by atoms with Crippen molar-refractivity contribution >= 4 is 29.2 Å². The van der Waals surface area contributed by atoms with Crippen molar-refractivity contribution in [1.29, 1.82) is 0 Å². The van der Waals surface area contributed by atoms with Crippen molar-refractivity contribution < 1.29 is 9.53 Å². The molecule has 7 heteroatoms. The fraction of sp³-hybridized carbons (Fsp3) is 0.423. The Bertz CT molecular complexity index is 1170. The number of pyridine rings is 1. The van der Waals surface area contributed by atoms with E-state index in [1.165, 1.54) is 0 Å². The lowest BCUT2D eigenvalue weighted by Crippen LogP contribution is -2.45. The molecule has 1 aliphatic rings. The molecule has 0 unspecified atom stereocenters. The van der Waals surface area contributed by atoms with Gasteiger partial charge in [0.1, 0.15) is 5.60 Å². The Morgan fingerprint density at radius 3 is 2.55 bits per heavy atom. The lowest BCUT2D eigenvalue weighted by molar-refractivity contribution is -0.159. The Morgan fingerprint density at radius 1 is 1.18 bits per heavy atom. The first kappa shape index (κ1) is 23.8. The number of rotatable bonds is 5. The Labute approximate surface area is 205 Å². The molecule has 4 rings (SSSR count). The third kappa shape index (κ3) is 4.95. The van der Waals surface area contributed by atoms with Gasteiger partial charge in [-0.2, -0.15) is 5.10 Å². The van der Waals surface area contributed by atoms with E-state index in [1.54, 1.807) is 12.3 Å². The number of esters is 1. The number of carbonyl (C=O) groups excluding carboxylic acids is 1. The van der Waals surface area contributed by atoms with Crippen molar-refractivity contribution in [3.63, 3.8) is 0 Å². The summed E-state index contributed by atoms with van der Waals surface area (Å²) in [5, 5.41) is 5.89. The van der Waals surface area contributed by atoms with Crippen LogP contribution >= 0.6 is 23.2 Å². The average molecular weight is 486 g/mol. The van der Waals surface area contributed by atoms with Gasteiger partial charge in [0.2, 0.25) is 0 Å². The summed E-state index contributed by atoms with van der Waals surface area (Å²) in [4.78, 5) is 16.7. The van der Waals surface area contributed by atoms with Gasteiger partial charge in [0.05, 0.1) is 21.4 Å². The number of ether oxygens (including phenoxy) is 1. The molecule has 1 aliphatic carbocycles. The third-order valence-electron chi connectivity index (χ3n) is 6.50. The van der Waals surface area contributed by atoms with Crippen LogP contribution in [0, 0.1) is 11.3 Å².